The highest BCUT2D eigenvalue weighted by molar-refractivity contribution is 9.10. The number of hydrogen-bond acceptors (Lipinski definition) is 1. The average molecular weight is 340 g/mol. The quantitative estimate of drug-likeness (QED) is 0.686. The summed E-state index contributed by atoms with van der Waals surface area (Å²) in [6.45, 7) is 1.98. The Labute approximate surface area is 131 Å². The number of nitrogens with one attached hydrogen (secondary N) is 1. The molecule has 1 N–H and O–H groups in total. The van der Waals surface area contributed by atoms with Crippen LogP contribution in [0, 0.1) is 6.92 Å². The fraction of sp³-hybridized carbons (Fsp3) is 0.0556. The molecule has 1 amide bonds. The minimum atomic E-state index is -0.0878. The maximum atomic E-state index is 12.2. The number of carbonyl (C=O) groups excluding carboxylic acids is 1. The Morgan fingerprint density at radius 1 is 0.952 bits per heavy atom. The van der Waals surface area contributed by atoms with Crippen molar-refractivity contribution in [2.75, 3.05) is 5.32 Å². The molecule has 3 aromatic carbocycles. The van der Waals surface area contributed by atoms with Crippen LogP contribution < -0.4 is 5.32 Å². The molecular formula is C18H14BrNO. The van der Waals surface area contributed by atoms with E-state index in [2.05, 4.69) is 27.3 Å². The molecule has 0 unspecified atom stereocenters. The first-order valence-corrected chi connectivity index (χ1v) is 7.48. The molecule has 104 valence electrons. The molecule has 0 aliphatic rings. The topological polar surface area (TPSA) is 29.1 Å². The first kappa shape index (κ1) is 13.8. The molecule has 0 aromatic heterocycles. The van der Waals surface area contributed by atoms with Gasteiger partial charge in [-0.1, -0.05) is 45.8 Å². The normalized spacial score (nSPS) is 10.6. The van der Waals surface area contributed by atoms with Crippen LogP contribution in [0.5, 0.6) is 0 Å². The van der Waals surface area contributed by atoms with E-state index in [9.17, 15) is 4.79 Å². The lowest BCUT2D eigenvalue weighted by molar-refractivity contribution is 0.102. The lowest BCUT2D eigenvalue weighted by atomic mass is 10.1. The van der Waals surface area contributed by atoms with Crippen molar-refractivity contribution in [1.29, 1.82) is 0 Å². The molecule has 2 nitrogen and oxygen atoms in total. The van der Waals surface area contributed by atoms with E-state index in [-0.39, 0.29) is 5.91 Å². The number of halogens is 1. The Balaban J connectivity index is 1.87. The van der Waals surface area contributed by atoms with Crippen molar-refractivity contribution in [1.82, 2.24) is 0 Å². The van der Waals surface area contributed by atoms with Gasteiger partial charge in [-0.2, -0.15) is 0 Å². The van der Waals surface area contributed by atoms with Crippen molar-refractivity contribution in [2.45, 2.75) is 6.92 Å². The Kier molecular flexibility index (Phi) is 3.76. The first-order valence-electron chi connectivity index (χ1n) is 6.69. The number of amides is 1. The van der Waals surface area contributed by atoms with Crippen LogP contribution in [0.15, 0.2) is 65.1 Å². The highest BCUT2D eigenvalue weighted by Crippen LogP contribution is 2.23. The van der Waals surface area contributed by atoms with E-state index in [1.165, 1.54) is 0 Å². The van der Waals surface area contributed by atoms with Crippen molar-refractivity contribution in [3.63, 3.8) is 0 Å². The number of aryl methyl sites for hydroxylation is 1. The SMILES string of the molecule is Cc1cccc(C(=O)Nc2ccc3cc(Br)ccc3c2)c1. The van der Waals surface area contributed by atoms with E-state index >= 15 is 0 Å². The summed E-state index contributed by atoms with van der Waals surface area (Å²) in [4.78, 5) is 12.2. The number of anilines is 1. The molecule has 0 atom stereocenters. The van der Waals surface area contributed by atoms with E-state index < -0.39 is 0 Å². The summed E-state index contributed by atoms with van der Waals surface area (Å²) >= 11 is 3.46. The number of fused-ring (bicyclic) bond motifs is 1. The molecule has 0 fully saturated rings. The zero-order valence-corrected chi connectivity index (χ0v) is 13.1. The molecule has 0 heterocycles. The minimum Gasteiger partial charge on any atom is -0.322 e. The largest absolute Gasteiger partial charge is 0.322 e. The smallest absolute Gasteiger partial charge is 0.255 e. The monoisotopic (exact) mass is 339 g/mol. The third-order valence-corrected chi connectivity index (χ3v) is 3.83. The third-order valence-electron chi connectivity index (χ3n) is 3.34. The minimum absolute atomic E-state index is 0.0878. The van der Waals surface area contributed by atoms with Crippen molar-refractivity contribution in [2.24, 2.45) is 0 Å². The van der Waals surface area contributed by atoms with Crippen LogP contribution in [0.25, 0.3) is 10.8 Å². The van der Waals surface area contributed by atoms with Gasteiger partial charge in [-0.25, -0.2) is 0 Å². The molecular weight excluding hydrogens is 326 g/mol. The predicted molar refractivity (Wildman–Crippen MR) is 90.8 cm³/mol. The van der Waals surface area contributed by atoms with Gasteiger partial charge in [-0.3, -0.25) is 4.79 Å². The van der Waals surface area contributed by atoms with Crippen LogP contribution in [-0.4, -0.2) is 5.91 Å². The number of rotatable bonds is 2. The lowest BCUT2D eigenvalue weighted by Crippen LogP contribution is -2.11. The molecule has 3 heteroatoms. The van der Waals surface area contributed by atoms with Crippen molar-refractivity contribution in [3.8, 4) is 0 Å². The second-order valence-electron chi connectivity index (χ2n) is 5.03. The van der Waals surface area contributed by atoms with Crippen LogP contribution in [-0.2, 0) is 0 Å². The van der Waals surface area contributed by atoms with Gasteiger partial charge in [0.25, 0.3) is 5.91 Å². The summed E-state index contributed by atoms with van der Waals surface area (Å²) in [6, 6.07) is 19.6. The van der Waals surface area contributed by atoms with E-state index in [0.29, 0.717) is 5.56 Å². The van der Waals surface area contributed by atoms with Gasteiger partial charge >= 0.3 is 0 Å². The van der Waals surface area contributed by atoms with Crippen LogP contribution in [0.2, 0.25) is 0 Å². The van der Waals surface area contributed by atoms with Gasteiger partial charge < -0.3 is 5.32 Å². The zero-order valence-electron chi connectivity index (χ0n) is 11.6. The van der Waals surface area contributed by atoms with Gasteiger partial charge in [0, 0.05) is 15.7 Å². The molecule has 0 bridgehead atoms. The molecule has 0 saturated carbocycles. The van der Waals surface area contributed by atoms with Crippen LogP contribution in [0.4, 0.5) is 5.69 Å². The third kappa shape index (κ3) is 3.14. The molecule has 0 radical (unpaired) electrons. The Morgan fingerprint density at radius 3 is 2.52 bits per heavy atom. The van der Waals surface area contributed by atoms with Gasteiger partial charge in [0.1, 0.15) is 0 Å². The lowest BCUT2D eigenvalue weighted by Gasteiger charge is -2.07. The van der Waals surface area contributed by atoms with Crippen LogP contribution >= 0.6 is 15.9 Å². The summed E-state index contributed by atoms with van der Waals surface area (Å²) in [5.41, 5.74) is 2.55. The molecule has 0 aliphatic carbocycles. The second-order valence-corrected chi connectivity index (χ2v) is 5.95. The number of hydrogen-bond donors (Lipinski definition) is 1. The molecule has 3 rings (SSSR count). The predicted octanol–water partition coefficient (Wildman–Crippen LogP) is 5.16. The molecule has 21 heavy (non-hydrogen) atoms. The average Bonchev–Trinajstić information content (AvgIpc) is 2.47. The summed E-state index contributed by atoms with van der Waals surface area (Å²) < 4.78 is 1.05. The van der Waals surface area contributed by atoms with Crippen molar-refractivity contribution < 1.29 is 4.79 Å². The highest BCUT2D eigenvalue weighted by Gasteiger charge is 2.06. The van der Waals surface area contributed by atoms with Crippen LogP contribution in [0.1, 0.15) is 15.9 Å². The molecule has 0 saturated heterocycles. The zero-order chi connectivity index (χ0) is 14.8. The molecule has 3 aromatic rings. The van der Waals surface area contributed by atoms with E-state index in [0.717, 1.165) is 26.5 Å². The van der Waals surface area contributed by atoms with Gasteiger partial charge in [-0.15, -0.1) is 0 Å². The fourth-order valence-corrected chi connectivity index (χ4v) is 2.66. The van der Waals surface area contributed by atoms with Crippen molar-refractivity contribution >= 4 is 38.3 Å². The van der Waals surface area contributed by atoms with E-state index in [1.54, 1.807) is 0 Å². The number of benzene rings is 3. The Morgan fingerprint density at radius 2 is 1.71 bits per heavy atom. The van der Waals surface area contributed by atoms with Gasteiger partial charge in [0.05, 0.1) is 0 Å². The van der Waals surface area contributed by atoms with E-state index in [1.807, 2.05) is 61.5 Å². The summed E-state index contributed by atoms with van der Waals surface area (Å²) in [7, 11) is 0. The Hall–Kier alpha value is -2.13. The van der Waals surface area contributed by atoms with Gasteiger partial charge in [0.2, 0.25) is 0 Å². The number of carbonyl (C=O) groups is 1. The summed E-state index contributed by atoms with van der Waals surface area (Å²) in [5, 5.41) is 5.18. The van der Waals surface area contributed by atoms with Gasteiger partial charge in [-0.05, 0) is 54.1 Å². The Bertz CT molecular complexity index is 826. The maximum absolute atomic E-state index is 12.2. The van der Waals surface area contributed by atoms with E-state index in [4.69, 9.17) is 0 Å². The van der Waals surface area contributed by atoms with Gasteiger partial charge in [0.15, 0.2) is 0 Å². The van der Waals surface area contributed by atoms with Crippen LogP contribution in [0.3, 0.4) is 0 Å². The molecule has 0 aliphatic heterocycles. The van der Waals surface area contributed by atoms with Crippen molar-refractivity contribution in [3.05, 3.63) is 76.3 Å². The highest BCUT2D eigenvalue weighted by atomic mass is 79.9. The maximum Gasteiger partial charge on any atom is 0.255 e. The fourth-order valence-electron chi connectivity index (χ4n) is 2.28. The summed E-state index contributed by atoms with van der Waals surface area (Å²) in [6.07, 6.45) is 0. The molecule has 0 spiro atoms. The standard InChI is InChI=1S/C18H14BrNO/c1-12-3-2-4-15(9-12)18(21)20-17-8-6-13-10-16(19)7-5-14(13)11-17/h2-11H,1H3,(H,20,21). The second kappa shape index (κ2) is 5.70. The summed E-state index contributed by atoms with van der Waals surface area (Å²) in [5.74, 6) is -0.0878. The first-order chi connectivity index (χ1) is 10.1.